The third-order valence-corrected chi connectivity index (χ3v) is 4.43. The number of carbonyl (C=O) groups is 2. The molecule has 102 valence electrons. The molecule has 0 spiro atoms. The summed E-state index contributed by atoms with van der Waals surface area (Å²) >= 11 is 11.8. The van der Waals surface area contributed by atoms with E-state index < -0.39 is 11.4 Å². The molecule has 1 aromatic carbocycles. The fourth-order valence-electron chi connectivity index (χ4n) is 2.58. The van der Waals surface area contributed by atoms with Gasteiger partial charge in [0.15, 0.2) is 5.78 Å². The first-order valence-corrected chi connectivity index (χ1v) is 6.92. The zero-order valence-corrected chi connectivity index (χ0v) is 11.8. The van der Waals surface area contributed by atoms with Crippen LogP contribution in [0, 0.1) is 5.41 Å². The van der Waals surface area contributed by atoms with E-state index >= 15 is 0 Å². The van der Waals surface area contributed by atoms with Crippen LogP contribution in [0.15, 0.2) is 18.2 Å². The molecule has 1 saturated carbocycles. The Kier molecular flexibility index (Phi) is 4.16. The minimum atomic E-state index is -1.30. The number of carboxylic acid groups (broad SMARTS) is 1. The molecule has 1 atom stereocenters. The average molecular weight is 301 g/mol. The summed E-state index contributed by atoms with van der Waals surface area (Å²) in [7, 11) is 0. The number of rotatable bonds is 3. The summed E-state index contributed by atoms with van der Waals surface area (Å²) < 4.78 is 0. The topological polar surface area (TPSA) is 54.4 Å². The number of hydrogen-bond donors (Lipinski definition) is 1. The molecule has 5 heteroatoms. The highest BCUT2D eigenvalue weighted by Gasteiger charge is 2.46. The second-order valence-corrected chi connectivity index (χ2v) is 5.76. The molecule has 0 heterocycles. The minimum Gasteiger partial charge on any atom is -0.480 e. The molecule has 1 fully saturated rings. The summed E-state index contributed by atoms with van der Waals surface area (Å²) in [6, 6.07) is 4.99. The van der Waals surface area contributed by atoms with E-state index in [1.54, 1.807) is 18.2 Å². The standard InChI is InChI=1S/C14H14Cl2O3/c15-10-5-4-9(7-11(10)16)8-14(13(18)19)6-2-1-3-12(14)17/h4-5,7H,1-3,6,8H2,(H,18,19). The van der Waals surface area contributed by atoms with Crippen molar-refractivity contribution in [2.24, 2.45) is 5.41 Å². The Bertz CT molecular complexity index is 527. The summed E-state index contributed by atoms with van der Waals surface area (Å²) in [5.74, 6) is -1.22. The number of aliphatic carboxylic acids is 1. The lowest BCUT2D eigenvalue weighted by Crippen LogP contribution is -2.43. The number of ketones is 1. The van der Waals surface area contributed by atoms with Crippen LogP contribution >= 0.6 is 23.2 Å². The van der Waals surface area contributed by atoms with Crippen LogP contribution in [0.4, 0.5) is 0 Å². The summed E-state index contributed by atoms with van der Waals surface area (Å²) in [5, 5.41) is 10.3. The fourth-order valence-corrected chi connectivity index (χ4v) is 2.90. The zero-order valence-electron chi connectivity index (χ0n) is 10.3. The Morgan fingerprint density at radius 1 is 1.26 bits per heavy atom. The molecule has 1 N–H and O–H groups in total. The van der Waals surface area contributed by atoms with Crippen LogP contribution in [0.5, 0.6) is 0 Å². The molecule has 0 aliphatic heterocycles. The van der Waals surface area contributed by atoms with Gasteiger partial charge in [0.2, 0.25) is 0 Å². The lowest BCUT2D eigenvalue weighted by molar-refractivity contribution is -0.157. The quantitative estimate of drug-likeness (QED) is 0.865. The van der Waals surface area contributed by atoms with Gasteiger partial charge in [-0.1, -0.05) is 35.7 Å². The van der Waals surface area contributed by atoms with Crippen LogP contribution in [0.2, 0.25) is 10.0 Å². The number of carbonyl (C=O) groups excluding carboxylic acids is 1. The van der Waals surface area contributed by atoms with E-state index in [1.165, 1.54) is 0 Å². The molecule has 0 aromatic heterocycles. The van der Waals surface area contributed by atoms with Gasteiger partial charge in [-0.3, -0.25) is 9.59 Å². The summed E-state index contributed by atoms with van der Waals surface area (Å²) in [6.45, 7) is 0. The van der Waals surface area contributed by atoms with Crippen molar-refractivity contribution in [2.75, 3.05) is 0 Å². The second-order valence-electron chi connectivity index (χ2n) is 4.94. The smallest absolute Gasteiger partial charge is 0.317 e. The van der Waals surface area contributed by atoms with E-state index in [-0.39, 0.29) is 12.2 Å². The van der Waals surface area contributed by atoms with Crippen molar-refractivity contribution in [1.82, 2.24) is 0 Å². The Morgan fingerprint density at radius 3 is 2.58 bits per heavy atom. The highest BCUT2D eigenvalue weighted by atomic mass is 35.5. The zero-order chi connectivity index (χ0) is 14.0. The lowest BCUT2D eigenvalue weighted by atomic mass is 9.69. The molecule has 2 rings (SSSR count). The van der Waals surface area contributed by atoms with Crippen LogP contribution in [0.25, 0.3) is 0 Å². The SMILES string of the molecule is O=C(O)C1(Cc2ccc(Cl)c(Cl)c2)CCCCC1=O. The second kappa shape index (κ2) is 5.51. The largest absolute Gasteiger partial charge is 0.480 e. The summed E-state index contributed by atoms with van der Waals surface area (Å²) in [5.41, 5.74) is -0.567. The van der Waals surface area contributed by atoms with Crippen molar-refractivity contribution in [1.29, 1.82) is 0 Å². The van der Waals surface area contributed by atoms with E-state index in [4.69, 9.17) is 23.2 Å². The predicted molar refractivity (Wildman–Crippen MR) is 73.7 cm³/mol. The van der Waals surface area contributed by atoms with Crippen LogP contribution in [-0.4, -0.2) is 16.9 Å². The molecular weight excluding hydrogens is 287 g/mol. The van der Waals surface area contributed by atoms with Gasteiger partial charge in [0.05, 0.1) is 10.0 Å². The van der Waals surface area contributed by atoms with E-state index in [1.807, 2.05) is 0 Å². The number of halogens is 2. The number of Topliss-reactive ketones (excluding diaryl/α,β-unsaturated/α-hetero) is 1. The molecule has 1 aliphatic carbocycles. The van der Waals surface area contributed by atoms with Crippen LogP contribution in [0.1, 0.15) is 31.2 Å². The minimum absolute atomic E-state index is 0.179. The normalized spacial score (nSPS) is 23.4. The van der Waals surface area contributed by atoms with Crippen molar-refractivity contribution >= 4 is 35.0 Å². The van der Waals surface area contributed by atoms with Gasteiger partial charge < -0.3 is 5.11 Å². The van der Waals surface area contributed by atoms with Crippen LogP contribution in [0.3, 0.4) is 0 Å². The Morgan fingerprint density at radius 2 is 2.00 bits per heavy atom. The number of benzene rings is 1. The van der Waals surface area contributed by atoms with Crippen molar-refractivity contribution in [3.8, 4) is 0 Å². The highest BCUT2D eigenvalue weighted by molar-refractivity contribution is 6.42. The maximum Gasteiger partial charge on any atom is 0.317 e. The fraction of sp³-hybridized carbons (Fsp3) is 0.429. The number of carboxylic acids is 1. The molecule has 3 nitrogen and oxygen atoms in total. The van der Waals surface area contributed by atoms with Gasteiger partial charge in [0.25, 0.3) is 0 Å². The van der Waals surface area contributed by atoms with Crippen molar-refractivity contribution < 1.29 is 14.7 Å². The monoisotopic (exact) mass is 300 g/mol. The van der Waals surface area contributed by atoms with E-state index in [0.29, 0.717) is 22.9 Å². The number of hydrogen-bond acceptors (Lipinski definition) is 2. The first-order chi connectivity index (χ1) is 8.95. The van der Waals surface area contributed by atoms with Crippen molar-refractivity contribution in [3.63, 3.8) is 0 Å². The molecular formula is C14H14Cl2O3. The molecule has 0 saturated heterocycles. The maximum atomic E-state index is 12.1. The van der Waals surface area contributed by atoms with E-state index in [0.717, 1.165) is 18.4 Å². The average Bonchev–Trinajstić information content (AvgIpc) is 2.36. The predicted octanol–water partition coefficient (Wildman–Crippen LogP) is 3.75. The van der Waals surface area contributed by atoms with Gasteiger partial charge >= 0.3 is 5.97 Å². The van der Waals surface area contributed by atoms with E-state index in [2.05, 4.69) is 0 Å². The van der Waals surface area contributed by atoms with Crippen molar-refractivity contribution in [3.05, 3.63) is 33.8 Å². The third-order valence-electron chi connectivity index (χ3n) is 3.69. The molecule has 1 aliphatic rings. The third kappa shape index (κ3) is 2.77. The van der Waals surface area contributed by atoms with Gasteiger partial charge in [-0.05, 0) is 37.0 Å². The van der Waals surface area contributed by atoms with Gasteiger partial charge in [-0.2, -0.15) is 0 Å². The Balaban J connectivity index is 2.33. The van der Waals surface area contributed by atoms with Gasteiger partial charge in [0.1, 0.15) is 5.41 Å². The summed E-state index contributed by atoms with van der Waals surface area (Å²) in [6.07, 6.45) is 2.45. The van der Waals surface area contributed by atoms with Gasteiger partial charge in [-0.15, -0.1) is 0 Å². The molecule has 1 aromatic rings. The first kappa shape index (κ1) is 14.4. The molecule has 1 unspecified atom stereocenters. The van der Waals surface area contributed by atoms with Gasteiger partial charge in [0, 0.05) is 6.42 Å². The summed E-state index contributed by atoms with van der Waals surface area (Å²) in [4.78, 5) is 23.6. The van der Waals surface area contributed by atoms with Crippen molar-refractivity contribution in [2.45, 2.75) is 32.1 Å². The molecule has 0 radical (unpaired) electrons. The molecule has 19 heavy (non-hydrogen) atoms. The van der Waals surface area contributed by atoms with Crippen LogP contribution in [-0.2, 0) is 16.0 Å². The molecule has 0 amide bonds. The van der Waals surface area contributed by atoms with Crippen LogP contribution < -0.4 is 0 Å². The van der Waals surface area contributed by atoms with E-state index in [9.17, 15) is 14.7 Å². The first-order valence-electron chi connectivity index (χ1n) is 6.16. The highest BCUT2D eigenvalue weighted by Crippen LogP contribution is 2.37. The molecule has 0 bridgehead atoms. The Hall–Kier alpha value is -1.06. The van der Waals surface area contributed by atoms with Gasteiger partial charge in [-0.25, -0.2) is 0 Å². The maximum absolute atomic E-state index is 12.1. The Labute approximate surface area is 121 Å². The lowest BCUT2D eigenvalue weighted by Gasteiger charge is -2.31.